The minimum Gasteiger partial charge on any atom is -0.247 e. The van der Waals surface area contributed by atoms with E-state index in [4.69, 9.17) is 46.4 Å². The fourth-order valence-corrected chi connectivity index (χ4v) is 3.07. The third kappa shape index (κ3) is 5.02. The molecule has 0 aliphatic heterocycles. The zero-order valence-corrected chi connectivity index (χ0v) is 16.8. The van der Waals surface area contributed by atoms with Gasteiger partial charge in [-0.2, -0.15) is 4.90 Å². The van der Waals surface area contributed by atoms with Crippen LogP contribution in [0.3, 0.4) is 0 Å². The first kappa shape index (κ1) is 19.7. The SMILES string of the molecule is O=C(c1ccc(Cl)cc1Cl)N(C=[NH+]c1ccc(Cl)cc1)c1ccc(Cl)cc1. The Hall–Kier alpha value is -2.04. The van der Waals surface area contributed by atoms with Gasteiger partial charge in [0.25, 0.3) is 0 Å². The lowest BCUT2D eigenvalue weighted by molar-refractivity contribution is -0.348. The Labute approximate surface area is 176 Å². The number of rotatable bonds is 4. The molecule has 7 heteroatoms. The summed E-state index contributed by atoms with van der Waals surface area (Å²) in [5, 5.41) is 1.92. The number of hydrogen-bond donors (Lipinski definition) is 1. The maximum atomic E-state index is 13.1. The van der Waals surface area contributed by atoms with Crippen LogP contribution in [0.4, 0.5) is 11.4 Å². The number of benzene rings is 3. The van der Waals surface area contributed by atoms with Crippen molar-refractivity contribution in [3.05, 3.63) is 92.4 Å². The highest BCUT2D eigenvalue weighted by atomic mass is 35.5. The molecule has 0 aromatic heterocycles. The summed E-state index contributed by atoms with van der Waals surface area (Å²) in [4.78, 5) is 17.6. The van der Waals surface area contributed by atoms with Crippen LogP contribution in [0.25, 0.3) is 0 Å². The number of anilines is 1. The smallest absolute Gasteiger partial charge is 0.247 e. The van der Waals surface area contributed by atoms with Crippen molar-refractivity contribution in [3.63, 3.8) is 0 Å². The van der Waals surface area contributed by atoms with Crippen LogP contribution in [-0.2, 0) is 0 Å². The van der Waals surface area contributed by atoms with Gasteiger partial charge in [-0.05, 0) is 66.7 Å². The molecular weight excluding hydrogens is 426 g/mol. The molecule has 136 valence electrons. The van der Waals surface area contributed by atoms with Crippen LogP contribution in [0.2, 0.25) is 20.1 Å². The predicted octanol–water partition coefficient (Wildman–Crippen LogP) is 5.39. The maximum absolute atomic E-state index is 13.1. The topological polar surface area (TPSA) is 34.3 Å². The lowest BCUT2D eigenvalue weighted by atomic mass is 10.2. The summed E-state index contributed by atoms with van der Waals surface area (Å²) in [6, 6.07) is 18.7. The van der Waals surface area contributed by atoms with Gasteiger partial charge in [-0.25, -0.2) is 9.79 Å². The second kappa shape index (κ2) is 8.77. The molecule has 0 bridgehead atoms. The molecule has 0 aliphatic rings. The summed E-state index contributed by atoms with van der Waals surface area (Å²) in [6.45, 7) is 0. The van der Waals surface area contributed by atoms with Crippen molar-refractivity contribution in [1.29, 1.82) is 0 Å². The van der Waals surface area contributed by atoms with Crippen molar-refractivity contribution in [1.82, 2.24) is 0 Å². The standard InChI is InChI=1S/C20H12Cl4N2O/c21-13-1-6-16(7-2-13)25-12-26(17-8-3-14(22)4-9-17)20(27)18-10-5-15(23)11-19(18)24/h1-12H/p+1. The minimum absolute atomic E-state index is 0.270. The number of nitrogens with zero attached hydrogens (tertiary/aromatic N) is 1. The third-order valence-electron chi connectivity index (χ3n) is 3.69. The van der Waals surface area contributed by atoms with E-state index in [9.17, 15) is 4.79 Å². The van der Waals surface area contributed by atoms with Crippen LogP contribution in [0.5, 0.6) is 0 Å². The lowest BCUT2D eigenvalue weighted by Gasteiger charge is -2.12. The number of nitrogens with one attached hydrogen (secondary N) is 1. The first-order valence-corrected chi connectivity index (χ1v) is 9.35. The molecule has 0 saturated heterocycles. The summed E-state index contributed by atoms with van der Waals surface area (Å²) < 4.78 is 0. The molecule has 3 aromatic carbocycles. The Morgan fingerprint density at radius 3 is 1.93 bits per heavy atom. The van der Waals surface area contributed by atoms with E-state index in [2.05, 4.69) is 4.99 Å². The number of carbonyl (C=O) groups excluding carboxylic acids is 1. The summed E-state index contributed by atoms with van der Waals surface area (Å²) in [7, 11) is 0. The lowest BCUT2D eigenvalue weighted by Crippen LogP contribution is -2.65. The van der Waals surface area contributed by atoms with Crippen molar-refractivity contribution in [2.75, 3.05) is 4.90 Å². The highest BCUT2D eigenvalue weighted by Crippen LogP contribution is 2.25. The van der Waals surface area contributed by atoms with Crippen LogP contribution < -0.4 is 9.89 Å². The minimum atomic E-state index is -0.319. The van der Waals surface area contributed by atoms with E-state index in [0.717, 1.165) is 5.69 Å². The van der Waals surface area contributed by atoms with Gasteiger partial charge in [-0.15, -0.1) is 0 Å². The van der Waals surface area contributed by atoms with Gasteiger partial charge in [0.1, 0.15) is 11.4 Å². The zero-order valence-electron chi connectivity index (χ0n) is 13.8. The van der Waals surface area contributed by atoms with E-state index in [0.29, 0.717) is 26.3 Å². The maximum Gasteiger partial charge on any atom is 0.347 e. The van der Waals surface area contributed by atoms with Gasteiger partial charge in [-0.1, -0.05) is 46.4 Å². The fraction of sp³-hybridized carbons (Fsp3) is 0. The van der Waals surface area contributed by atoms with Gasteiger partial charge >= 0.3 is 5.91 Å². The van der Waals surface area contributed by atoms with Gasteiger partial charge in [0.05, 0.1) is 10.6 Å². The van der Waals surface area contributed by atoms with Crippen LogP contribution in [0.1, 0.15) is 10.4 Å². The van der Waals surface area contributed by atoms with Crippen molar-refractivity contribution in [2.45, 2.75) is 0 Å². The summed E-state index contributed by atoms with van der Waals surface area (Å²) in [5.74, 6) is -0.319. The second-order valence-electron chi connectivity index (χ2n) is 5.56. The third-order valence-corrected chi connectivity index (χ3v) is 4.74. The van der Waals surface area contributed by atoms with Crippen molar-refractivity contribution in [2.24, 2.45) is 0 Å². The quantitative estimate of drug-likeness (QED) is 0.430. The molecule has 0 fully saturated rings. The molecule has 0 aliphatic carbocycles. The van der Waals surface area contributed by atoms with E-state index in [1.807, 2.05) is 0 Å². The molecule has 1 amide bonds. The van der Waals surface area contributed by atoms with Crippen molar-refractivity contribution >= 4 is 70.0 Å². The number of halogens is 4. The fourth-order valence-electron chi connectivity index (χ4n) is 2.33. The molecule has 27 heavy (non-hydrogen) atoms. The normalized spacial score (nSPS) is 11.0. The molecular formula is C20H13Cl4N2O+. The molecule has 0 heterocycles. The number of carbonyl (C=O) groups is 1. The van der Waals surface area contributed by atoms with Crippen LogP contribution in [0.15, 0.2) is 66.7 Å². The van der Waals surface area contributed by atoms with Gasteiger partial charge < -0.3 is 0 Å². The Bertz CT molecular complexity index is 986. The first-order chi connectivity index (χ1) is 12.9. The van der Waals surface area contributed by atoms with Gasteiger partial charge in [0, 0.05) is 15.1 Å². The van der Waals surface area contributed by atoms with Gasteiger partial charge in [0.2, 0.25) is 6.34 Å². The molecule has 3 nitrogen and oxygen atoms in total. The summed E-state index contributed by atoms with van der Waals surface area (Å²) in [5.41, 5.74) is 1.72. The Morgan fingerprint density at radius 2 is 1.33 bits per heavy atom. The van der Waals surface area contributed by atoms with Gasteiger partial charge in [0.15, 0.2) is 0 Å². The first-order valence-electron chi connectivity index (χ1n) is 7.83. The van der Waals surface area contributed by atoms with E-state index < -0.39 is 0 Å². The average molecular weight is 439 g/mol. The molecule has 0 spiro atoms. The van der Waals surface area contributed by atoms with E-state index in [1.54, 1.807) is 67.0 Å². The number of hydrogen-bond acceptors (Lipinski definition) is 1. The molecule has 0 radical (unpaired) electrons. The molecule has 3 aromatic rings. The Balaban J connectivity index is 1.99. The highest BCUT2D eigenvalue weighted by molar-refractivity contribution is 6.37. The predicted molar refractivity (Wildman–Crippen MR) is 113 cm³/mol. The molecule has 1 N–H and O–H groups in total. The largest absolute Gasteiger partial charge is 0.347 e. The highest BCUT2D eigenvalue weighted by Gasteiger charge is 2.25. The summed E-state index contributed by atoms with van der Waals surface area (Å²) >= 11 is 24.0. The van der Waals surface area contributed by atoms with E-state index in [-0.39, 0.29) is 10.9 Å². The van der Waals surface area contributed by atoms with Crippen LogP contribution in [-0.4, -0.2) is 12.2 Å². The van der Waals surface area contributed by atoms with E-state index in [1.165, 1.54) is 11.0 Å². The van der Waals surface area contributed by atoms with Gasteiger partial charge in [-0.3, -0.25) is 0 Å². The zero-order chi connectivity index (χ0) is 19.4. The molecule has 0 unspecified atom stereocenters. The second-order valence-corrected chi connectivity index (χ2v) is 7.27. The molecule has 0 atom stereocenters. The van der Waals surface area contributed by atoms with Crippen molar-refractivity contribution in [3.8, 4) is 0 Å². The Kier molecular flexibility index (Phi) is 6.40. The van der Waals surface area contributed by atoms with Crippen LogP contribution >= 0.6 is 46.4 Å². The monoisotopic (exact) mass is 437 g/mol. The number of amides is 1. The van der Waals surface area contributed by atoms with Crippen molar-refractivity contribution < 1.29 is 9.79 Å². The average Bonchev–Trinajstić information content (AvgIpc) is 2.64. The Morgan fingerprint density at radius 1 is 0.778 bits per heavy atom. The van der Waals surface area contributed by atoms with E-state index >= 15 is 0 Å². The summed E-state index contributed by atoms with van der Waals surface area (Å²) in [6.07, 6.45) is 1.56. The van der Waals surface area contributed by atoms with Crippen LogP contribution in [0, 0.1) is 0 Å². The molecule has 0 saturated carbocycles. The molecule has 3 rings (SSSR count).